The van der Waals surface area contributed by atoms with E-state index in [0.29, 0.717) is 29.5 Å². The number of aliphatic hydroxyl groups excluding tert-OH is 1. The van der Waals surface area contributed by atoms with Crippen molar-refractivity contribution < 1.29 is 9.90 Å². The zero-order chi connectivity index (χ0) is 15.9. The first-order valence-corrected chi connectivity index (χ1v) is 8.27. The molecule has 2 aliphatic rings. The lowest BCUT2D eigenvalue weighted by Gasteiger charge is -2.39. The van der Waals surface area contributed by atoms with Crippen LogP contribution in [0.15, 0.2) is 0 Å². The molecule has 0 aromatic carbocycles. The Morgan fingerprint density at radius 2 is 1.95 bits per heavy atom. The maximum absolute atomic E-state index is 12.7. The molecule has 1 aromatic rings. The first kappa shape index (κ1) is 15.8. The molecule has 0 radical (unpaired) electrons. The summed E-state index contributed by atoms with van der Waals surface area (Å²) in [6.45, 7) is 4.78. The maximum atomic E-state index is 12.7. The Kier molecular flexibility index (Phi) is 4.43. The fourth-order valence-electron chi connectivity index (χ4n) is 3.63. The average molecular weight is 327 g/mol. The number of nitrogens with zero attached hydrogens (tertiary/aromatic N) is 4. The molecule has 0 spiro atoms. The fourth-order valence-corrected chi connectivity index (χ4v) is 3.89. The highest BCUT2D eigenvalue weighted by Gasteiger charge is 2.34. The normalized spacial score (nSPS) is 26.6. The van der Waals surface area contributed by atoms with Crippen LogP contribution in [-0.2, 0) is 7.05 Å². The minimum atomic E-state index is -0.211. The Labute approximate surface area is 135 Å². The number of hydrogen-bond acceptors (Lipinski definition) is 4. The van der Waals surface area contributed by atoms with Gasteiger partial charge in [0.05, 0.1) is 17.4 Å². The van der Waals surface area contributed by atoms with Gasteiger partial charge in [-0.15, -0.1) is 0 Å². The Hall–Kier alpha value is -1.11. The molecule has 1 aliphatic heterocycles. The molecule has 0 unspecified atom stereocenters. The summed E-state index contributed by atoms with van der Waals surface area (Å²) in [7, 11) is 1.74. The molecule has 3 rings (SSSR count). The van der Waals surface area contributed by atoms with Crippen LogP contribution in [0.5, 0.6) is 0 Å². The van der Waals surface area contributed by atoms with Gasteiger partial charge >= 0.3 is 0 Å². The Bertz CT molecular complexity index is 566. The summed E-state index contributed by atoms with van der Waals surface area (Å²) in [6.07, 6.45) is 2.84. The topological polar surface area (TPSA) is 61.6 Å². The molecule has 2 atom stereocenters. The van der Waals surface area contributed by atoms with Crippen molar-refractivity contribution in [2.75, 3.05) is 26.2 Å². The van der Waals surface area contributed by atoms with E-state index in [9.17, 15) is 9.90 Å². The number of carbonyl (C=O) groups excluding carboxylic acids is 1. The second-order valence-electron chi connectivity index (χ2n) is 6.27. The van der Waals surface area contributed by atoms with Gasteiger partial charge in [-0.25, -0.2) is 0 Å². The third-order valence-corrected chi connectivity index (χ3v) is 5.31. The van der Waals surface area contributed by atoms with Crippen LogP contribution in [-0.4, -0.2) is 68.9 Å². The molecule has 6 nitrogen and oxygen atoms in total. The number of halogens is 1. The van der Waals surface area contributed by atoms with Crippen LogP contribution in [0.25, 0.3) is 0 Å². The molecule has 1 saturated carbocycles. The van der Waals surface area contributed by atoms with Crippen molar-refractivity contribution >= 4 is 17.5 Å². The summed E-state index contributed by atoms with van der Waals surface area (Å²) in [5, 5.41) is 14.6. The lowest BCUT2D eigenvalue weighted by molar-refractivity contribution is 0.0315. The van der Waals surface area contributed by atoms with E-state index < -0.39 is 0 Å². The first-order chi connectivity index (χ1) is 10.5. The van der Waals surface area contributed by atoms with E-state index in [-0.39, 0.29) is 18.1 Å². The molecule has 22 heavy (non-hydrogen) atoms. The van der Waals surface area contributed by atoms with Crippen LogP contribution in [0.2, 0.25) is 5.15 Å². The van der Waals surface area contributed by atoms with E-state index in [0.717, 1.165) is 32.4 Å². The molecule has 122 valence electrons. The molecule has 0 bridgehead atoms. The van der Waals surface area contributed by atoms with Crippen molar-refractivity contribution in [1.29, 1.82) is 0 Å². The highest BCUT2D eigenvalue weighted by molar-refractivity contribution is 6.33. The average Bonchev–Trinajstić information content (AvgIpc) is 3.03. The van der Waals surface area contributed by atoms with Crippen LogP contribution in [0.1, 0.15) is 35.3 Å². The summed E-state index contributed by atoms with van der Waals surface area (Å²) in [4.78, 5) is 16.8. The van der Waals surface area contributed by atoms with Crippen LogP contribution in [0.4, 0.5) is 0 Å². The number of aryl methyl sites for hydroxylation is 2. The summed E-state index contributed by atoms with van der Waals surface area (Å²) >= 11 is 6.19. The van der Waals surface area contributed by atoms with E-state index in [1.807, 2.05) is 11.8 Å². The largest absolute Gasteiger partial charge is 0.391 e. The monoisotopic (exact) mass is 326 g/mol. The minimum absolute atomic E-state index is 0.0396. The van der Waals surface area contributed by atoms with Gasteiger partial charge in [0, 0.05) is 39.3 Å². The smallest absolute Gasteiger partial charge is 0.258 e. The highest BCUT2D eigenvalue weighted by atomic mass is 35.5. The van der Waals surface area contributed by atoms with Gasteiger partial charge in [-0.1, -0.05) is 11.6 Å². The summed E-state index contributed by atoms with van der Waals surface area (Å²) in [5.74, 6) is -0.0396. The molecule has 1 aliphatic carbocycles. The highest BCUT2D eigenvalue weighted by Crippen LogP contribution is 2.26. The number of aliphatic hydroxyl groups is 1. The predicted octanol–water partition coefficient (Wildman–Crippen LogP) is 1.05. The molecule has 2 fully saturated rings. The van der Waals surface area contributed by atoms with Gasteiger partial charge in [0.2, 0.25) is 0 Å². The van der Waals surface area contributed by atoms with Gasteiger partial charge in [0.25, 0.3) is 5.91 Å². The van der Waals surface area contributed by atoms with Gasteiger partial charge in [0.1, 0.15) is 5.15 Å². The quantitative estimate of drug-likeness (QED) is 0.882. The van der Waals surface area contributed by atoms with E-state index in [4.69, 9.17) is 11.6 Å². The number of amides is 1. The standard InChI is InChI=1S/C15H23ClN4O2/c1-10-13(14(16)18(2)17-10)15(22)20-8-6-19(7-9-20)11-4-3-5-12(11)21/h11-12,21H,3-9H2,1-2H3/t11-,12-/m1/s1. The molecule has 1 amide bonds. The second kappa shape index (κ2) is 6.18. The number of carbonyl (C=O) groups is 1. The minimum Gasteiger partial charge on any atom is -0.391 e. The Morgan fingerprint density at radius 1 is 1.27 bits per heavy atom. The van der Waals surface area contributed by atoms with Gasteiger partial charge in [0.15, 0.2) is 0 Å². The molecular formula is C15H23ClN4O2. The van der Waals surface area contributed by atoms with Crippen molar-refractivity contribution in [3.05, 3.63) is 16.4 Å². The zero-order valence-corrected chi connectivity index (χ0v) is 13.9. The van der Waals surface area contributed by atoms with E-state index in [1.165, 1.54) is 4.68 Å². The molecule has 1 saturated heterocycles. The van der Waals surface area contributed by atoms with Crippen LogP contribution in [0.3, 0.4) is 0 Å². The van der Waals surface area contributed by atoms with Crippen molar-refractivity contribution in [3.8, 4) is 0 Å². The van der Waals surface area contributed by atoms with Crippen molar-refractivity contribution in [2.24, 2.45) is 7.05 Å². The van der Waals surface area contributed by atoms with Gasteiger partial charge in [-0.05, 0) is 26.2 Å². The van der Waals surface area contributed by atoms with Crippen LogP contribution < -0.4 is 0 Å². The molecule has 1 N–H and O–H groups in total. The Balaban J connectivity index is 1.65. The summed E-state index contributed by atoms with van der Waals surface area (Å²) < 4.78 is 1.54. The fraction of sp³-hybridized carbons (Fsp3) is 0.733. The molecule has 7 heteroatoms. The Morgan fingerprint density at radius 3 is 2.45 bits per heavy atom. The van der Waals surface area contributed by atoms with Gasteiger partial charge in [-0.2, -0.15) is 5.10 Å². The third-order valence-electron chi connectivity index (χ3n) is 4.88. The lowest BCUT2D eigenvalue weighted by atomic mass is 10.1. The maximum Gasteiger partial charge on any atom is 0.258 e. The number of piperazine rings is 1. The SMILES string of the molecule is Cc1nn(C)c(Cl)c1C(=O)N1CCN([C@@H]2CCC[C@H]2O)CC1. The van der Waals surface area contributed by atoms with Crippen LogP contribution >= 0.6 is 11.6 Å². The zero-order valence-electron chi connectivity index (χ0n) is 13.1. The number of aromatic nitrogens is 2. The molecule has 1 aromatic heterocycles. The predicted molar refractivity (Wildman–Crippen MR) is 84.1 cm³/mol. The second-order valence-corrected chi connectivity index (χ2v) is 6.63. The van der Waals surface area contributed by atoms with E-state index in [1.54, 1.807) is 7.05 Å². The lowest BCUT2D eigenvalue weighted by Crippen LogP contribution is -2.53. The summed E-state index contributed by atoms with van der Waals surface area (Å²) in [5.41, 5.74) is 1.18. The van der Waals surface area contributed by atoms with E-state index >= 15 is 0 Å². The first-order valence-electron chi connectivity index (χ1n) is 7.89. The summed E-state index contributed by atoms with van der Waals surface area (Å²) in [6, 6.07) is 0.265. The van der Waals surface area contributed by atoms with Crippen molar-refractivity contribution in [1.82, 2.24) is 19.6 Å². The van der Waals surface area contributed by atoms with Crippen LogP contribution in [0, 0.1) is 6.92 Å². The molecule has 2 heterocycles. The van der Waals surface area contributed by atoms with Crippen molar-refractivity contribution in [3.63, 3.8) is 0 Å². The van der Waals surface area contributed by atoms with E-state index in [2.05, 4.69) is 10.00 Å². The van der Waals surface area contributed by atoms with Gasteiger partial charge < -0.3 is 10.0 Å². The molecular weight excluding hydrogens is 304 g/mol. The van der Waals surface area contributed by atoms with Gasteiger partial charge in [-0.3, -0.25) is 14.4 Å². The van der Waals surface area contributed by atoms with Crippen molar-refractivity contribution in [2.45, 2.75) is 38.3 Å². The third kappa shape index (κ3) is 2.75. The number of hydrogen-bond donors (Lipinski definition) is 1. The number of rotatable bonds is 2.